The van der Waals surface area contributed by atoms with Crippen LogP contribution in [0.4, 0.5) is 0 Å². The van der Waals surface area contributed by atoms with E-state index in [1.165, 1.54) is 0 Å². The van der Waals surface area contributed by atoms with Crippen molar-refractivity contribution < 1.29 is 4.79 Å². The Hall–Kier alpha value is -2.29. The fraction of sp³-hybridized carbons (Fsp3) is 0.588. The van der Waals surface area contributed by atoms with Crippen LogP contribution in [-0.4, -0.2) is 21.5 Å². The van der Waals surface area contributed by atoms with Gasteiger partial charge < -0.3 is 5.32 Å². The second-order valence-electron chi connectivity index (χ2n) is 6.22. The molecule has 0 bridgehead atoms. The summed E-state index contributed by atoms with van der Waals surface area (Å²) in [5.74, 6) is 3.41. The summed E-state index contributed by atoms with van der Waals surface area (Å²) in [6.45, 7) is 1.89. The average Bonchev–Trinajstić information content (AvgIpc) is 3.31. The van der Waals surface area contributed by atoms with E-state index < -0.39 is 5.66 Å². The zero-order valence-corrected chi connectivity index (χ0v) is 13.4. The van der Waals surface area contributed by atoms with Gasteiger partial charge >= 0.3 is 0 Å². The molecule has 1 amide bonds. The van der Waals surface area contributed by atoms with Gasteiger partial charge in [0.1, 0.15) is 5.82 Å². The molecule has 2 aliphatic rings. The summed E-state index contributed by atoms with van der Waals surface area (Å²) in [6.07, 6.45) is 12.5. The zero-order chi connectivity index (χ0) is 16.3. The number of rotatable bonds is 6. The molecule has 0 fully saturated rings. The zero-order valence-electron chi connectivity index (χ0n) is 13.4. The molecule has 0 saturated carbocycles. The van der Waals surface area contributed by atoms with Crippen LogP contribution in [0.25, 0.3) is 0 Å². The quantitative estimate of drug-likeness (QED) is 0.820. The number of hydrogen-bond acceptors (Lipinski definition) is 5. The predicted octanol–water partition coefficient (Wildman–Crippen LogP) is 2.63. The summed E-state index contributed by atoms with van der Waals surface area (Å²) >= 11 is 0. The van der Waals surface area contributed by atoms with E-state index in [-0.39, 0.29) is 11.9 Å². The Balaban J connectivity index is 1.54. The Bertz CT molecular complexity index is 670. The number of amides is 1. The highest BCUT2D eigenvalue weighted by atomic mass is 16.1. The SMILES string of the molecule is C#CCCC1(CCC(=O)NC2CCCc3nc(C)ncc32)N=N1. The topological polar surface area (TPSA) is 79.6 Å². The number of carbonyl (C=O) groups excluding carboxylic acids is 1. The van der Waals surface area contributed by atoms with Crippen molar-refractivity contribution in [1.29, 1.82) is 0 Å². The van der Waals surface area contributed by atoms with Gasteiger partial charge in [0.25, 0.3) is 0 Å². The molecule has 0 aromatic carbocycles. The molecular weight excluding hydrogens is 290 g/mol. The number of carbonyl (C=O) groups is 1. The monoisotopic (exact) mass is 311 g/mol. The molecule has 120 valence electrons. The third kappa shape index (κ3) is 3.73. The number of hydrogen-bond donors (Lipinski definition) is 1. The molecule has 1 unspecified atom stereocenters. The lowest BCUT2D eigenvalue weighted by Gasteiger charge is -2.25. The Labute approximate surface area is 136 Å². The lowest BCUT2D eigenvalue weighted by atomic mass is 9.92. The second kappa shape index (κ2) is 6.45. The maximum absolute atomic E-state index is 12.3. The molecule has 0 saturated heterocycles. The first-order valence-electron chi connectivity index (χ1n) is 8.11. The van der Waals surface area contributed by atoms with Gasteiger partial charge in [-0.15, -0.1) is 12.3 Å². The first-order valence-corrected chi connectivity index (χ1v) is 8.11. The van der Waals surface area contributed by atoms with Crippen molar-refractivity contribution in [3.63, 3.8) is 0 Å². The van der Waals surface area contributed by atoms with Gasteiger partial charge in [-0.25, -0.2) is 9.97 Å². The van der Waals surface area contributed by atoms with Crippen LogP contribution in [0.1, 0.15) is 61.6 Å². The molecule has 1 N–H and O–H groups in total. The number of aryl methyl sites for hydroxylation is 2. The van der Waals surface area contributed by atoms with E-state index in [2.05, 4.69) is 31.4 Å². The number of nitrogens with one attached hydrogen (secondary N) is 1. The molecule has 0 spiro atoms. The first-order chi connectivity index (χ1) is 11.1. The van der Waals surface area contributed by atoms with Gasteiger partial charge in [-0.2, -0.15) is 10.2 Å². The number of fused-ring (bicyclic) bond motifs is 1. The van der Waals surface area contributed by atoms with Crippen molar-refractivity contribution in [3.05, 3.63) is 23.3 Å². The third-order valence-corrected chi connectivity index (χ3v) is 4.44. The Morgan fingerprint density at radius 1 is 1.48 bits per heavy atom. The highest BCUT2D eigenvalue weighted by Gasteiger charge is 2.39. The summed E-state index contributed by atoms with van der Waals surface area (Å²) in [7, 11) is 0. The molecular formula is C17H21N5O. The van der Waals surface area contributed by atoms with Crippen LogP contribution in [0.5, 0.6) is 0 Å². The first kappa shape index (κ1) is 15.6. The predicted molar refractivity (Wildman–Crippen MR) is 85.5 cm³/mol. The van der Waals surface area contributed by atoms with E-state index >= 15 is 0 Å². The number of aromatic nitrogens is 2. The molecule has 6 heteroatoms. The van der Waals surface area contributed by atoms with Crippen molar-refractivity contribution in [3.8, 4) is 12.3 Å². The minimum absolute atomic E-state index is 0.0154. The van der Waals surface area contributed by atoms with Crippen molar-refractivity contribution in [2.45, 2.75) is 63.6 Å². The molecule has 0 radical (unpaired) electrons. The van der Waals surface area contributed by atoms with Crippen molar-refractivity contribution in [2.24, 2.45) is 10.2 Å². The van der Waals surface area contributed by atoms with Crippen LogP contribution in [0.3, 0.4) is 0 Å². The van der Waals surface area contributed by atoms with Gasteiger partial charge in [-0.1, -0.05) is 0 Å². The van der Waals surface area contributed by atoms with Crippen LogP contribution in [0, 0.1) is 19.3 Å². The van der Waals surface area contributed by atoms with Crippen LogP contribution in [-0.2, 0) is 11.2 Å². The Morgan fingerprint density at radius 3 is 3.04 bits per heavy atom. The van der Waals surface area contributed by atoms with Crippen molar-refractivity contribution in [2.75, 3.05) is 0 Å². The maximum atomic E-state index is 12.3. The molecule has 23 heavy (non-hydrogen) atoms. The Kier molecular flexibility index (Phi) is 4.37. The van der Waals surface area contributed by atoms with Crippen molar-refractivity contribution >= 4 is 5.91 Å². The highest BCUT2D eigenvalue weighted by Crippen LogP contribution is 2.37. The normalized spacial score (nSPS) is 20.4. The summed E-state index contributed by atoms with van der Waals surface area (Å²) in [4.78, 5) is 21.0. The summed E-state index contributed by atoms with van der Waals surface area (Å²) in [5, 5.41) is 11.2. The lowest BCUT2D eigenvalue weighted by Crippen LogP contribution is -2.32. The summed E-state index contributed by atoms with van der Waals surface area (Å²) in [5.41, 5.74) is 1.72. The van der Waals surface area contributed by atoms with Gasteiger partial charge in [-0.05, 0) is 26.2 Å². The van der Waals surface area contributed by atoms with E-state index in [0.717, 1.165) is 42.8 Å². The minimum Gasteiger partial charge on any atom is -0.349 e. The van der Waals surface area contributed by atoms with Gasteiger partial charge in [0, 0.05) is 43.1 Å². The van der Waals surface area contributed by atoms with Gasteiger partial charge in [0.2, 0.25) is 5.91 Å². The van der Waals surface area contributed by atoms with Gasteiger partial charge in [0.15, 0.2) is 5.66 Å². The molecule has 6 nitrogen and oxygen atoms in total. The average molecular weight is 311 g/mol. The minimum atomic E-state index is -0.394. The van der Waals surface area contributed by atoms with Crippen LogP contribution < -0.4 is 5.32 Å². The van der Waals surface area contributed by atoms with Crippen LogP contribution in [0.2, 0.25) is 0 Å². The second-order valence-corrected chi connectivity index (χ2v) is 6.22. The van der Waals surface area contributed by atoms with E-state index in [1.54, 1.807) is 0 Å². The number of terminal acetylenes is 1. The molecule has 1 aromatic rings. The largest absolute Gasteiger partial charge is 0.349 e. The molecule has 1 aliphatic heterocycles. The summed E-state index contributed by atoms with van der Waals surface area (Å²) < 4.78 is 0. The summed E-state index contributed by atoms with van der Waals surface area (Å²) in [6, 6.07) is 0.0154. The number of nitrogens with zero attached hydrogens (tertiary/aromatic N) is 4. The van der Waals surface area contributed by atoms with E-state index in [0.29, 0.717) is 19.3 Å². The molecule has 1 atom stereocenters. The highest BCUT2D eigenvalue weighted by molar-refractivity contribution is 5.76. The van der Waals surface area contributed by atoms with Crippen LogP contribution >= 0.6 is 0 Å². The molecule has 2 heterocycles. The molecule has 3 rings (SSSR count). The molecule has 1 aromatic heterocycles. The van der Waals surface area contributed by atoms with Crippen molar-refractivity contribution in [1.82, 2.24) is 15.3 Å². The third-order valence-electron chi connectivity index (χ3n) is 4.44. The smallest absolute Gasteiger partial charge is 0.220 e. The fourth-order valence-corrected chi connectivity index (χ4v) is 3.04. The van der Waals surface area contributed by atoms with E-state index in [1.807, 2.05) is 13.1 Å². The Morgan fingerprint density at radius 2 is 2.30 bits per heavy atom. The van der Waals surface area contributed by atoms with E-state index in [9.17, 15) is 4.79 Å². The van der Waals surface area contributed by atoms with E-state index in [4.69, 9.17) is 6.42 Å². The molecule has 1 aliphatic carbocycles. The fourth-order valence-electron chi connectivity index (χ4n) is 3.04. The van der Waals surface area contributed by atoms with Crippen LogP contribution in [0.15, 0.2) is 16.4 Å². The van der Waals surface area contributed by atoms with Gasteiger partial charge in [0.05, 0.1) is 6.04 Å². The maximum Gasteiger partial charge on any atom is 0.220 e. The standard InChI is InChI=1S/C17H21N5O/c1-3-4-9-17(21-22-17)10-8-16(23)20-15-7-5-6-14-13(15)11-18-12(2)19-14/h1,11,15H,4-10H2,2H3,(H,20,23). The van der Waals surface area contributed by atoms with Gasteiger partial charge in [-0.3, -0.25) is 4.79 Å². The lowest BCUT2D eigenvalue weighted by molar-refractivity contribution is -0.122.